The molecule has 2 aromatic carbocycles. The highest BCUT2D eigenvalue weighted by Gasteiger charge is 2.56. The van der Waals surface area contributed by atoms with Crippen LogP contribution in [0.1, 0.15) is 40.0 Å². The van der Waals surface area contributed by atoms with E-state index in [2.05, 4.69) is 31.9 Å². The number of imide groups is 1. The van der Waals surface area contributed by atoms with Gasteiger partial charge in [-0.2, -0.15) is 5.01 Å². The SMILES string of the molecule is O=C(c1ccc(F)cc1)[C@H](CCCl)N(C(=O)c1ccc(Cl)cc1Cl)N1C(=O)[C@H]2C[C@H](Br)[C@@H](Br)C[C@H]2C1=O. The van der Waals surface area contributed by atoms with Gasteiger partial charge in [0.25, 0.3) is 17.7 Å². The molecule has 6 nitrogen and oxygen atoms in total. The lowest BCUT2D eigenvalue weighted by Gasteiger charge is -2.36. The number of alkyl halides is 3. The van der Waals surface area contributed by atoms with Crippen LogP contribution in [0.15, 0.2) is 42.5 Å². The minimum absolute atomic E-state index is 0.0149. The average molecular weight is 698 g/mol. The van der Waals surface area contributed by atoms with Gasteiger partial charge in [-0.25, -0.2) is 9.40 Å². The van der Waals surface area contributed by atoms with Crippen LogP contribution in [0.25, 0.3) is 0 Å². The fraction of sp³-hybridized carbons (Fsp3) is 0.360. The molecule has 1 saturated heterocycles. The van der Waals surface area contributed by atoms with Crippen molar-refractivity contribution >= 4 is 90.2 Å². The van der Waals surface area contributed by atoms with E-state index in [1.165, 1.54) is 30.3 Å². The summed E-state index contributed by atoms with van der Waals surface area (Å²) in [6.07, 6.45) is 0.665. The number of hydrogen-bond donors (Lipinski definition) is 0. The highest BCUT2D eigenvalue weighted by molar-refractivity contribution is 9.12. The molecule has 37 heavy (non-hydrogen) atoms. The lowest BCUT2D eigenvalue weighted by atomic mass is 9.81. The van der Waals surface area contributed by atoms with Crippen molar-refractivity contribution in [3.63, 3.8) is 0 Å². The first-order valence-corrected chi connectivity index (χ1v) is 14.5. The van der Waals surface area contributed by atoms with Crippen molar-refractivity contribution < 1.29 is 23.6 Å². The van der Waals surface area contributed by atoms with Crippen LogP contribution >= 0.6 is 66.7 Å². The highest BCUT2D eigenvalue weighted by Crippen LogP contribution is 2.44. The molecule has 196 valence electrons. The molecular weight excluding hydrogens is 677 g/mol. The summed E-state index contributed by atoms with van der Waals surface area (Å²) in [6, 6.07) is 7.58. The fourth-order valence-corrected chi connectivity index (χ4v) is 6.66. The predicted molar refractivity (Wildman–Crippen MR) is 146 cm³/mol. The molecular formula is C25H20Br2Cl3FN2O4. The van der Waals surface area contributed by atoms with Crippen LogP contribution in [-0.2, 0) is 9.59 Å². The van der Waals surface area contributed by atoms with Crippen LogP contribution < -0.4 is 0 Å². The molecule has 2 aliphatic rings. The van der Waals surface area contributed by atoms with Gasteiger partial charge in [-0.3, -0.25) is 19.2 Å². The Morgan fingerprint density at radius 2 is 1.57 bits per heavy atom. The van der Waals surface area contributed by atoms with E-state index in [-0.39, 0.29) is 43.1 Å². The number of carbonyl (C=O) groups is 4. The van der Waals surface area contributed by atoms with Crippen LogP contribution in [0.2, 0.25) is 10.0 Å². The monoisotopic (exact) mass is 694 g/mol. The number of carbonyl (C=O) groups excluding carboxylic acids is 4. The zero-order valence-corrected chi connectivity index (χ0v) is 24.5. The molecule has 0 bridgehead atoms. The summed E-state index contributed by atoms with van der Waals surface area (Å²) in [5.41, 5.74) is 0.0406. The second kappa shape index (κ2) is 11.7. The number of halogens is 6. The van der Waals surface area contributed by atoms with E-state index in [1.54, 1.807) is 0 Å². The summed E-state index contributed by atoms with van der Waals surface area (Å²) >= 11 is 25.5. The van der Waals surface area contributed by atoms with Crippen molar-refractivity contribution in [1.29, 1.82) is 0 Å². The molecule has 0 N–H and O–H groups in total. The molecule has 5 atom stereocenters. The smallest absolute Gasteiger partial charge is 0.275 e. The first-order valence-electron chi connectivity index (χ1n) is 11.3. The Morgan fingerprint density at radius 3 is 2.08 bits per heavy atom. The minimum atomic E-state index is -1.34. The predicted octanol–water partition coefficient (Wildman–Crippen LogP) is 6.29. The number of hydrazine groups is 1. The number of nitrogens with zero attached hydrogens (tertiary/aromatic N) is 2. The van der Waals surface area contributed by atoms with Crippen LogP contribution in [0, 0.1) is 17.7 Å². The highest BCUT2D eigenvalue weighted by atomic mass is 79.9. The zero-order chi connectivity index (χ0) is 27.0. The molecule has 3 amide bonds. The number of rotatable bonds is 7. The Labute approximate surface area is 244 Å². The number of benzene rings is 2. The normalized spacial score (nSPS) is 24.1. The van der Waals surface area contributed by atoms with E-state index in [4.69, 9.17) is 34.8 Å². The third-order valence-corrected chi connectivity index (χ3v) is 10.1. The second-order valence-electron chi connectivity index (χ2n) is 8.84. The maximum atomic E-state index is 14.0. The van der Waals surface area contributed by atoms with E-state index in [0.717, 1.165) is 22.2 Å². The summed E-state index contributed by atoms with van der Waals surface area (Å²) < 4.78 is 13.5. The topological polar surface area (TPSA) is 74.8 Å². The quantitative estimate of drug-likeness (QED) is 0.194. The Hall–Kier alpha value is -1.52. The Balaban J connectivity index is 1.83. The molecule has 1 aliphatic carbocycles. The van der Waals surface area contributed by atoms with Gasteiger partial charge in [-0.1, -0.05) is 55.1 Å². The van der Waals surface area contributed by atoms with Crippen molar-refractivity contribution in [2.75, 3.05) is 5.88 Å². The van der Waals surface area contributed by atoms with Crippen molar-refractivity contribution in [3.05, 3.63) is 69.5 Å². The van der Waals surface area contributed by atoms with Crippen LogP contribution in [0.3, 0.4) is 0 Å². The molecule has 0 unspecified atom stereocenters. The number of fused-ring (bicyclic) bond motifs is 1. The zero-order valence-electron chi connectivity index (χ0n) is 19.1. The van der Waals surface area contributed by atoms with Gasteiger partial charge in [0, 0.05) is 26.1 Å². The van der Waals surface area contributed by atoms with Gasteiger partial charge in [0.05, 0.1) is 22.4 Å². The minimum Gasteiger partial charge on any atom is -0.292 e. The van der Waals surface area contributed by atoms with E-state index < -0.39 is 47.2 Å². The van der Waals surface area contributed by atoms with Crippen molar-refractivity contribution in [3.8, 4) is 0 Å². The maximum Gasteiger partial charge on any atom is 0.275 e. The molecule has 0 radical (unpaired) electrons. The lowest BCUT2D eigenvalue weighted by Crippen LogP contribution is -2.57. The van der Waals surface area contributed by atoms with Gasteiger partial charge >= 0.3 is 0 Å². The van der Waals surface area contributed by atoms with Crippen molar-refractivity contribution in [2.45, 2.75) is 35.0 Å². The Kier molecular flexibility index (Phi) is 9.01. The van der Waals surface area contributed by atoms with Crippen LogP contribution in [0.4, 0.5) is 4.39 Å². The standard InChI is InChI=1S/C25H20Br2Cl3FN2O4/c26-18-10-16-17(11-19(18)27)25(37)33(24(16)36)32(23(35)15-6-3-13(29)9-20(15)30)21(7-8-28)22(34)12-1-4-14(31)5-2-12/h1-6,9,16-19,21H,7-8,10-11H2/t16-,17+,18-,19-,21-/m0/s1. The van der Waals surface area contributed by atoms with Gasteiger partial charge in [0.2, 0.25) is 0 Å². The van der Waals surface area contributed by atoms with E-state index in [1.807, 2.05) is 0 Å². The molecule has 4 rings (SSSR count). The number of hydrogen-bond acceptors (Lipinski definition) is 4. The van der Waals surface area contributed by atoms with Gasteiger partial charge in [-0.05, 0) is 61.7 Å². The van der Waals surface area contributed by atoms with E-state index in [0.29, 0.717) is 12.8 Å². The molecule has 2 fully saturated rings. The second-order valence-corrected chi connectivity index (χ2v) is 12.4. The number of Topliss-reactive ketones (excluding diaryl/α,β-unsaturated/α-hetero) is 1. The fourth-order valence-electron chi connectivity index (χ4n) is 4.72. The summed E-state index contributed by atoms with van der Waals surface area (Å²) in [4.78, 5) is 54.8. The van der Waals surface area contributed by atoms with Gasteiger partial charge < -0.3 is 0 Å². The third kappa shape index (κ3) is 5.62. The molecule has 0 spiro atoms. The summed E-state index contributed by atoms with van der Waals surface area (Å²) in [7, 11) is 0. The van der Waals surface area contributed by atoms with Gasteiger partial charge in [0.15, 0.2) is 5.78 Å². The largest absolute Gasteiger partial charge is 0.292 e. The maximum absolute atomic E-state index is 14.0. The van der Waals surface area contributed by atoms with Gasteiger partial charge in [-0.15, -0.1) is 11.6 Å². The van der Waals surface area contributed by atoms with Crippen molar-refractivity contribution in [1.82, 2.24) is 10.0 Å². The first-order chi connectivity index (χ1) is 17.5. The average Bonchev–Trinajstić information content (AvgIpc) is 3.08. The van der Waals surface area contributed by atoms with Crippen LogP contribution in [-0.4, -0.2) is 55.1 Å². The third-order valence-electron chi connectivity index (χ3n) is 6.58. The molecule has 1 heterocycles. The molecule has 1 aliphatic heterocycles. The number of ketones is 1. The van der Waals surface area contributed by atoms with E-state index >= 15 is 0 Å². The summed E-state index contributed by atoms with van der Waals surface area (Å²) in [5, 5.41) is 1.92. The van der Waals surface area contributed by atoms with Crippen LogP contribution in [0.5, 0.6) is 0 Å². The Bertz CT molecular complexity index is 1220. The first kappa shape index (κ1) is 28.5. The summed E-state index contributed by atoms with van der Waals surface area (Å²) in [6.45, 7) is 0. The van der Waals surface area contributed by atoms with Gasteiger partial charge in [0.1, 0.15) is 11.9 Å². The number of amides is 3. The Morgan fingerprint density at radius 1 is 1.00 bits per heavy atom. The molecule has 1 saturated carbocycles. The lowest BCUT2D eigenvalue weighted by molar-refractivity contribution is -0.156. The van der Waals surface area contributed by atoms with Crippen molar-refractivity contribution in [2.24, 2.45) is 11.8 Å². The molecule has 2 aromatic rings. The molecule has 0 aromatic heterocycles. The van der Waals surface area contributed by atoms with E-state index in [9.17, 15) is 23.6 Å². The molecule has 12 heteroatoms. The summed E-state index contributed by atoms with van der Waals surface area (Å²) in [5.74, 6) is -4.55.